The molecular formula is C54H32. The Balaban J connectivity index is 1.49. The number of rotatable bonds is 4. The molecule has 54 heavy (non-hydrogen) atoms. The Morgan fingerprint density at radius 2 is 0.704 bits per heavy atom. The normalized spacial score (nSPS) is 20.4. The van der Waals surface area contributed by atoms with Gasteiger partial charge in [-0.1, -0.05) is 175 Å². The van der Waals surface area contributed by atoms with Gasteiger partial charge >= 0.3 is 0 Å². The summed E-state index contributed by atoms with van der Waals surface area (Å²) in [7, 11) is 0. The molecular weight excluding hydrogens is 649 g/mol. The summed E-state index contributed by atoms with van der Waals surface area (Å²) in [6, 6.07) is -31.9. The van der Waals surface area contributed by atoms with Crippen molar-refractivity contribution in [2.75, 3.05) is 0 Å². The van der Waals surface area contributed by atoms with Crippen molar-refractivity contribution < 1.29 is 43.9 Å². The molecule has 0 atom stereocenters. The molecule has 12 aromatic carbocycles. The van der Waals surface area contributed by atoms with Gasteiger partial charge in [0.1, 0.15) is 0 Å². The molecule has 0 unspecified atom stereocenters. The van der Waals surface area contributed by atoms with Gasteiger partial charge in [0, 0.05) is 0 Å². The maximum Gasteiger partial charge on any atom is 0.0636 e. The van der Waals surface area contributed by atoms with E-state index in [1.807, 2.05) is 0 Å². The highest BCUT2D eigenvalue weighted by Crippen LogP contribution is 2.49. The molecule has 0 radical (unpaired) electrons. The van der Waals surface area contributed by atoms with Crippen LogP contribution in [0.5, 0.6) is 0 Å². The Kier molecular flexibility index (Phi) is 2.55. The molecule has 0 aliphatic carbocycles. The van der Waals surface area contributed by atoms with Gasteiger partial charge in [0.25, 0.3) is 0 Å². The van der Waals surface area contributed by atoms with Crippen LogP contribution in [-0.4, -0.2) is 0 Å². The van der Waals surface area contributed by atoms with E-state index in [0.717, 1.165) is 0 Å². The monoisotopic (exact) mass is 712 g/mol. The third-order valence-corrected chi connectivity index (χ3v) is 9.38. The molecule has 0 heteroatoms. The zero-order chi connectivity index (χ0) is 63.2. The highest BCUT2D eigenvalue weighted by molar-refractivity contribution is 6.27. The first-order valence-corrected chi connectivity index (χ1v) is 16.2. The van der Waals surface area contributed by atoms with Gasteiger partial charge in [-0.2, -0.15) is 0 Å². The molecule has 0 amide bonds. The average Bonchev–Trinajstić information content (AvgIpc) is 0.693. The highest BCUT2D eigenvalue weighted by atomic mass is 14.2. The van der Waals surface area contributed by atoms with Crippen LogP contribution in [0.1, 0.15) is 43.9 Å². The summed E-state index contributed by atoms with van der Waals surface area (Å²) in [6.45, 7) is 0. The van der Waals surface area contributed by atoms with Crippen molar-refractivity contribution in [1.29, 1.82) is 0 Å². The molecule has 12 aromatic rings. The molecule has 12 rings (SSSR count). The van der Waals surface area contributed by atoms with Crippen LogP contribution in [0.2, 0.25) is 0 Å². The van der Waals surface area contributed by atoms with E-state index in [1.54, 1.807) is 0 Å². The number of hydrogen-bond acceptors (Lipinski definition) is 0. The molecule has 0 saturated carbocycles. The largest absolute Gasteiger partial charge is 0.0636 e. The van der Waals surface area contributed by atoms with Gasteiger partial charge in [-0.3, -0.25) is 0 Å². The van der Waals surface area contributed by atoms with Crippen molar-refractivity contribution in [3.05, 3.63) is 193 Å². The Morgan fingerprint density at radius 3 is 1.35 bits per heavy atom. The quantitative estimate of drug-likeness (QED) is 0.159. The van der Waals surface area contributed by atoms with E-state index in [4.69, 9.17) is 20.6 Å². The zero-order valence-electron chi connectivity index (χ0n) is 59.0. The second-order valence-electron chi connectivity index (χ2n) is 12.2. The van der Waals surface area contributed by atoms with Crippen LogP contribution < -0.4 is 0 Å². The molecule has 0 saturated heterocycles. The van der Waals surface area contributed by atoms with Gasteiger partial charge in [-0.05, 0) is 138 Å². The molecule has 0 bridgehead atoms. The zero-order valence-corrected chi connectivity index (χ0v) is 27.0. The molecule has 0 spiro atoms. The summed E-state index contributed by atoms with van der Waals surface area (Å²) in [5, 5.41) is -8.29. The van der Waals surface area contributed by atoms with Crippen molar-refractivity contribution in [2.24, 2.45) is 0 Å². The van der Waals surface area contributed by atoms with Crippen molar-refractivity contribution in [2.45, 2.75) is 0 Å². The molecule has 0 N–H and O–H groups in total. The molecule has 0 aliphatic rings. The van der Waals surface area contributed by atoms with Crippen molar-refractivity contribution >= 4 is 75.4 Å². The van der Waals surface area contributed by atoms with Crippen molar-refractivity contribution in [1.82, 2.24) is 0 Å². The van der Waals surface area contributed by atoms with E-state index in [2.05, 4.69) is 0 Å². The maximum absolute atomic E-state index is 10.7. The highest BCUT2D eigenvalue weighted by Gasteiger charge is 2.22. The first-order chi connectivity index (χ1) is 40.1. The number of hydrogen-bond donors (Lipinski definition) is 0. The lowest BCUT2D eigenvalue weighted by atomic mass is 9.81. The van der Waals surface area contributed by atoms with Gasteiger partial charge < -0.3 is 0 Å². The van der Waals surface area contributed by atoms with E-state index in [0.29, 0.717) is 0 Å². The summed E-state index contributed by atoms with van der Waals surface area (Å²) >= 11 is 0. The fourth-order valence-corrected chi connectivity index (χ4v) is 7.06. The van der Waals surface area contributed by atoms with Crippen LogP contribution >= 0.6 is 0 Å². The standard InChI is InChI=1S/C54H32/c1-2-9-34(10-3-1)48-31-43(44-26-22-39-19-17-35-12-6-14-37-24-28-46(44)53(39)50(35)37)32-49(52(48)42-21-16-33-8-4-5-11-41(33)30-42)45-27-23-40-20-18-36-13-7-15-38-25-29-47(45)54(40)51(36)38/h1-32H/i1D,2D,3D,4D,5D,6D,7D,8D,9D,10D,11D,12D,13D,14D,15D,16D,17D,18D,19D,20D,21D,22D,23D,24D,25D,26D,27D,28D,29D,30D,31D,32D. The molecule has 248 valence electrons. The van der Waals surface area contributed by atoms with Gasteiger partial charge in [0.05, 0.1) is 43.9 Å². The predicted molar refractivity (Wildman–Crippen MR) is 233 cm³/mol. The molecule has 0 aliphatic heterocycles. The van der Waals surface area contributed by atoms with Gasteiger partial charge in [-0.15, -0.1) is 0 Å². The maximum atomic E-state index is 10.7. The van der Waals surface area contributed by atoms with E-state index in [9.17, 15) is 23.3 Å². The Hall–Kier alpha value is -7.02. The molecule has 0 fully saturated rings. The fourth-order valence-electron chi connectivity index (χ4n) is 7.06. The minimum absolute atomic E-state index is 0.417. The molecule has 0 aromatic heterocycles. The summed E-state index contributed by atoms with van der Waals surface area (Å²) in [5.74, 6) is 0. The van der Waals surface area contributed by atoms with Crippen LogP contribution in [0.15, 0.2) is 193 Å². The van der Waals surface area contributed by atoms with E-state index in [-0.39, 0.29) is 0 Å². The Labute approximate surface area is 357 Å². The number of fused-ring (bicyclic) bond motifs is 1. The minimum Gasteiger partial charge on any atom is -0.0622 e. The van der Waals surface area contributed by atoms with Gasteiger partial charge in [-0.25, -0.2) is 0 Å². The van der Waals surface area contributed by atoms with Crippen LogP contribution in [0, 0.1) is 0 Å². The van der Waals surface area contributed by atoms with E-state index in [1.165, 1.54) is 0 Å². The third kappa shape index (κ3) is 4.26. The lowest BCUT2D eigenvalue weighted by Gasteiger charge is -2.22. The Morgan fingerprint density at radius 1 is 0.241 bits per heavy atom. The Bertz CT molecular complexity index is 5220. The van der Waals surface area contributed by atoms with E-state index < -0.39 is 313 Å². The first kappa shape index (κ1) is 12.3. The van der Waals surface area contributed by atoms with Gasteiger partial charge in [0.2, 0.25) is 0 Å². The SMILES string of the molecule is [2H]c1c([2H])c([2H])c(-c2c([2H])c(-c3c([2H])c([2H])c4c([2H])c([2H])c5c([2H])c([2H])c([2H])c6c([2H])c([2H])c3c4c56)c([2H])c(-c3c([2H])c([2H])c4c([2H])c([2H])c5c([2H])c([2H])c([2H])c6c([2H])c([2H])c3c4c56)c2-c2c([2H])c([2H])c3c([2H])c([2H])c([2H])c([2H])c3c2[2H])c([2H])c1[2H]. The average molecular weight is 713 g/mol. The lowest BCUT2D eigenvalue weighted by molar-refractivity contribution is 1.57. The second-order valence-corrected chi connectivity index (χ2v) is 12.2. The number of benzene rings is 12. The molecule has 0 nitrogen and oxygen atoms in total. The molecule has 0 heterocycles. The van der Waals surface area contributed by atoms with E-state index >= 15 is 0 Å². The summed E-state index contributed by atoms with van der Waals surface area (Å²) in [6.07, 6.45) is 0. The van der Waals surface area contributed by atoms with Crippen LogP contribution in [0.4, 0.5) is 0 Å². The van der Waals surface area contributed by atoms with Crippen LogP contribution in [0.25, 0.3) is 120 Å². The third-order valence-electron chi connectivity index (χ3n) is 9.38. The van der Waals surface area contributed by atoms with Crippen molar-refractivity contribution in [3.8, 4) is 44.5 Å². The summed E-state index contributed by atoms with van der Waals surface area (Å²) < 4.78 is 298. The minimum atomic E-state index is -1.27. The first-order valence-electron chi connectivity index (χ1n) is 32.2. The van der Waals surface area contributed by atoms with Crippen molar-refractivity contribution in [3.63, 3.8) is 0 Å². The fraction of sp³-hybridized carbons (Fsp3) is 0. The summed E-state index contributed by atoms with van der Waals surface area (Å²) in [5.41, 5.74) is -8.21. The lowest BCUT2D eigenvalue weighted by Crippen LogP contribution is -1.95. The predicted octanol–water partition coefficient (Wildman–Crippen LogP) is 15.3. The smallest absolute Gasteiger partial charge is 0.0622 e. The van der Waals surface area contributed by atoms with Crippen LogP contribution in [0.3, 0.4) is 0 Å². The van der Waals surface area contributed by atoms with Crippen LogP contribution in [-0.2, 0) is 0 Å². The summed E-state index contributed by atoms with van der Waals surface area (Å²) in [4.78, 5) is 0. The second kappa shape index (κ2) is 11.2. The topological polar surface area (TPSA) is 0 Å². The van der Waals surface area contributed by atoms with Gasteiger partial charge in [0.15, 0.2) is 0 Å².